The van der Waals surface area contributed by atoms with Gasteiger partial charge in [-0.05, 0) is 36.4 Å². The molecule has 0 aliphatic carbocycles. The van der Waals surface area contributed by atoms with Gasteiger partial charge in [-0.15, -0.1) is 0 Å². The van der Waals surface area contributed by atoms with E-state index >= 15 is 0 Å². The molecule has 11 heteroatoms. The second kappa shape index (κ2) is 7.10. The van der Waals surface area contributed by atoms with Crippen molar-refractivity contribution in [1.29, 1.82) is 0 Å². The molecule has 6 nitrogen and oxygen atoms in total. The number of nitrogens with one attached hydrogen (secondary N) is 1. The third-order valence-electron chi connectivity index (χ3n) is 3.95. The average Bonchev–Trinajstić information content (AvgIpc) is 2.88. The lowest BCUT2D eigenvalue weighted by atomic mass is 10.1. The maximum atomic E-state index is 12.9. The highest BCUT2D eigenvalue weighted by atomic mass is 35.5. The van der Waals surface area contributed by atoms with Crippen LogP contribution in [0.3, 0.4) is 0 Å². The number of halogens is 4. The molecule has 0 bridgehead atoms. The summed E-state index contributed by atoms with van der Waals surface area (Å²) in [6, 6.07) is 8.14. The third-order valence-corrected chi connectivity index (χ3v) is 5.97. The average molecular weight is 433 g/mol. The molecule has 1 fully saturated rings. The van der Waals surface area contributed by atoms with Crippen molar-refractivity contribution in [3.63, 3.8) is 0 Å². The number of sulfonamides is 1. The molecule has 0 unspecified atom stereocenters. The number of hydrogen-bond donors (Lipinski definition) is 1. The number of amides is 2. The van der Waals surface area contributed by atoms with Crippen LogP contribution in [0.15, 0.2) is 42.5 Å². The predicted octanol–water partition coefficient (Wildman–Crippen LogP) is 3.68. The zero-order valence-electron chi connectivity index (χ0n) is 14.0. The molecule has 2 aromatic rings. The minimum atomic E-state index is -4.69. The van der Waals surface area contributed by atoms with Gasteiger partial charge in [-0.2, -0.15) is 13.2 Å². The van der Waals surface area contributed by atoms with Gasteiger partial charge in [0.1, 0.15) is 0 Å². The number of hydrogen-bond acceptors (Lipinski definition) is 4. The van der Waals surface area contributed by atoms with Crippen molar-refractivity contribution in [2.75, 3.05) is 15.4 Å². The highest BCUT2D eigenvalue weighted by Crippen LogP contribution is 2.36. The normalized spacial score (nSPS) is 16.3. The van der Waals surface area contributed by atoms with Gasteiger partial charge in [-0.1, -0.05) is 17.7 Å². The van der Waals surface area contributed by atoms with Crippen LogP contribution < -0.4 is 9.62 Å². The largest absolute Gasteiger partial charge is 0.417 e. The molecule has 0 atom stereocenters. The van der Waals surface area contributed by atoms with Crippen molar-refractivity contribution in [1.82, 2.24) is 0 Å². The number of alkyl halides is 3. The van der Waals surface area contributed by atoms with Crippen molar-refractivity contribution in [2.45, 2.75) is 12.6 Å². The van der Waals surface area contributed by atoms with E-state index in [1.54, 1.807) is 0 Å². The van der Waals surface area contributed by atoms with E-state index in [9.17, 15) is 31.2 Å². The summed E-state index contributed by atoms with van der Waals surface area (Å²) < 4.78 is 63.4. The van der Waals surface area contributed by atoms with E-state index in [-0.39, 0.29) is 29.1 Å². The van der Waals surface area contributed by atoms with E-state index in [1.165, 1.54) is 30.3 Å². The Bertz CT molecular complexity index is 1070. The summed E-state index contributed by atoms with van der Waals surface area (Å²) in [5, 5.41) is 1.79. The summed E-state index contributed by atoms with van der Waals surface area (Å²) in [6.45, 7) is 0. The van der Waals surface area contributed by atoms with Crippen LogP contribution in [0.2, 0.25) is 5.02 Å². The lowest BCUT2D eigenvalue weighted by Crippen LogP contribution is -2.29. The molecule has 2 aromatic carbocycles. The Hall–Kier alpha value is -2.59. The van der Waals surface area contributed by atoms with Crippen LogP contribution >= 0.6 is 11.6 Å². The van der Waals surface area contributed by atoms with Gasteiger partial charge in [0, 0.05) is 17.7 Å². The van der Waals surface area contributed by atoms with Crippen molar-refractivity contribution in [3.05, 3.63) is 58.6 Å². The summed E-state index contributed by atoms with van der Waals surface area (Å²) in [4.78, 5) is 24.2. The molecular formula is C17H12ClF3N2O4S. The molecule has 1 saturated heterocycles. The Labute approximate surface area is 163 Å². The topological polar surface area (TPSA) is 83.6 Å². The molecule has 1 N–H and O–H groups in total. The molecule has 0 radical (unpaired) electrons. The molecule has 1 aliphatic heterocycles. The molecule has 0 spiro atoms. The highest BCUT2D eigenvalue weighted by molar-refractivity contribution is 7.94. The summed E-state index contributed by atoms with van der Waals surface area (Å²) in [5.74, 6) is -1.72. The van der Waals surface area contributed by atoms with Gasteiger partial charge in [0.2, 0.25) is 15.9 Å². The van der Waals surface area contributed by atoms with Crippen LogP contribution in [0.4, 0.5) is 24.5 Å². The number of carbonyl (C=O) groups is 2. The Morgan fingerprint density at radius 3 is 2.46 bits per heavy atom. The zero-order chi connectivity index (χ0) is 20.7. The first-order chi connectivity index (χ1) is 13.0. The van der Waals surface area contributed by atoms with E-state index in [2.05, 4.69) is 5.32 Å². The first-order valence-electron chi connectivity index (χ1n) is 7.83. The molecule has 1 heterocycles. The highest BCUT2D eigenvalue weighted by Gasteiger charge is 2.36. The van der Waals surface area contributed by atoms with Gasteiger partial charge in [0.05, 0.1) is 22.0 Å². The number of anilines is 2. The van der Waals surface area contributed by atoms with E-state index in [4.69, 9.17) is 11.6 Å². The van der Waals surface area contributed by atoms with Crippen LogP contribution in [-0.2, 0) is 21.0 Å². The standard InChI is InChI=1S/C17H12ClF3N2O4S/c18-14-5-4-11(9-13(14)17(19,20)21)22-16(25)10-2-1-3-12(8-10)23-15(24)6-7-28(23,26)27/h1-5,8-9H,6-7H2,(H,22,25). The number of carbonyl (C=O) groups excluding carboxylic acids is 2. The first-order valence-corrected chi connectivity index (χ1v) is 9.82. The quantitative estimate of drug-likeness (QED) is 0.802. The summed E-state index contributed by atoms with van der Waals surface area (Å²) >= 11 is 5.54. The molecule has 148 valence electrons. The SMILES string of the molecule is O=C(Nc1ccc(Cl)c(C(F)(F)F)c1)c1cccc(N2C(=O)CCS2(=O)=O)c1. The fourth-order valence-corrected chi connectivity index (χ4v) is 4.34. The van der Waals surface area contributed by atoms with E-state index in [1.807, 2.05) is 0 Å². The predicted molar refractivity (Wildman–Crippen MR) is 96.7 cm³/mol. The Kier molecular flexibility index (Phi) is 5.11. The monoisotopic (exact) mass is 432 g/mol. The number of rotatable bonds is 3. The Balaban J connectivity index is 1.88. The fourth-order valence-electron chi connectivity index (χ4n) is 2.67. The van der Waals surface area contributed by atoms with Crippen LogP contribution in [0, 0.1) is 0 Å². The van der Waals surface area contributed by atoms with E-state index in [0.717, 1.165) is 6.07 Å². The zero-order valence-corrected chi connectivity index (χ0v) is 15.5. The second-order valence-corrected chi connectivity index (χ2v) is 8.27. The van der Waals surface area contributed by atoms with Gasteiger partial charge in [0.25, 0.3) is 5.91 Å². The minimum Gasteiger partial charge on any atom is -0.322 e. The van der Waals surface area contributed by atoms with Gasteiger partial charge in [0.15, 0.2) is 0 Å². The minimum absolute atomic E-state index is 0.0118. The smallest absolute Gasteiger partial charge is 0.322 e. The van der Waals surface area contributed by atoms with E-state index < -0.39 is 38.6 Å². The van der Waals surface area contributed by atoms with Crippen molar-refractivity contribution < 1.29 is 31.2 Å². The van der Waals surface area contributed by atoms with Crippen LogP contribution in [0.5, 0.6) is 0 Å². The molecule has 1 aliphatic rings. The first kappa shape index (κ1) is 20.2. The summed E-state index contributed by atoms with van der Waals surface area (Å²) in [6.07, 6.45) is -4.86. The molecule has 3 rings (SSSR count). The molecule has 2 amide bonds. The van der Waals surface area contributed by atoms with E-state index in [0.29, 0.717) is 10.4 Å². The Morgan fingerprint density at radius 1 is 1.14 bits per heavy atom. The van der Waals surface area contributed by atoms with Gasteiger partial charge >= 0.3 is 6.18 Å². The molecule has 0 saturated carbocycles. The third kappa shape index (κ3) is 3.97. The van der Waals surface area contributed by atoms with Crippen LogP contribution in [0.1, 0.15) is 22.3 Å². The second-order valence-electron chi connectivity index (χ2n) is 5.92. The van der Waals surface area contributed by atoms with Gasteiger partial charge < -0.3 is 5.32 Å². The van der Waals surface area contributed by atoms with Gasteiger partial charge in [-0.25, -0.2) is 12.7 Å². The van der Waals surface area contributed by atoms with Crippen LogP contribution in [0.25, 0.3) is 0 Å². The van der Waals surface area contributed by atoms with Crippen molar-refractivity contribution in [2.24, 2.45) is 0 Å². The maximum Gasteiger partial charge on any atom is 0.417 e. The van der Waals surface area contributed by atoms with Crippen molar-refractivity contribution in [3.8, 4) is 0 Å². The maximum absolute atomic E-state index is 12.9. The molecule has 28 heavy (non-hydrogen) atoms. The number of benzene rings is 2. The lowest BCUT2D eigenvalue weighted by Gasteiger charge is -2.16. The summed E-state index contributed by atoms with van der Waals surface area (Å²) in [7, 11) is -3.81. The molecule has 0 aromatic heterocycles. The van der Waals surface area contributed by atoms with Crippen molar-refractivity contribution >= 4 is 44.8 Å². The number of nitrogens with zero attached hydrogens (tertiary/aromatic N) is 1. The Morgan fingerprint density at radius 2 is 1.86 bits per heavy atom. The van der Waals surface area contributed by atoms with Gasteiger partial charge in [-0.3, -0.25) is 9.59 Å². The fraction of sp³-hybridized carbons (Fsp3) is 0.176. The molecular weight excluding hydrogens is 421 g/mol. The lowest BCUT2D eigenvalue weighted by molar-refractivity contribution is -0.137. The summed E-state index contributed by atoms with van der Waals surface area (Å²) in [5.41, 5.74) is -1.29. The van der Waals surface area contributed by atoms with Crippen LogP contribution in [-0.4, -0.2) is 26.0 Å².